The summed E-state index contributed by atoms with van der Waals surface area (Å²) in [5, 5.41) is 5.93. The molecule has 3 rings (SSSR count). The third-order valence-electron chi connectivity index (χ3n) is 3.40. The fraction of sp³-hybridized carbons (Fsp3) is 0.312. The van der Waals surface area contributed by atoms with Gasteiger partial charge >= 0.3 is 0 Å². The first-order valence-corrected chi connectivity index (χ1v) is 7.25. The first-order valence-electron chi connectivity index (χ1n) is 7.25. The van der Waals surface area contributed by atoms with Crippen molar-refractivity contribution in [1.82, 2.24) is 15.3 Å². The molecule has 6 heteroatoms. The van der Waals surface area contributed by atoms with Gasteiger partial charge in [-0.2, -0.15) is 0 Å². The number of aryl methyl sites for hydroxylation is 1. The van der Waals surface area contributed by atoms with Gasteiger partial charge in [-0.25, -0.2) is 14.4 Å². The van der Waals surface area contributed by atoms with E-state index in [1.807, 2.05) is 0 Å². The Bertz CT molecular complexity index is 700. The number of aromatic nitrogens is 2. The summed E-state index contributed by atoms with van der Waals surface area (Å²) in [5.41, 5.74) is 0.873. The summed E-state index contributed by atoms with van der Waals surface area (Å²) in [4.78, 5) is 20.4. The number of nitrogens with one attached hydrogen (secondary N) is 2. The highest BCUT2D eigenvalue weighted by Gasteiger charge is 2.24. The smallest absolute Gasteiger partial charge is 0.270 e. The molecule has 0 aliphatic heterocycles. The van der Waals surface area contributed by atoms with Crippen LogP contribution < -0.4 is 10.6 Å². The predicted molar refractivity (Wildman–Crippen MR) is 81.0 cm³/mol. The number of amides is 1. The number of rotatable bonds is 5. The maximum Gasteiger partial charge on any atom is 0.270 e. The minimum atomic E-state index is -0.271. The molecule has 1 saturated carbocycles. The van der Waals surface area contributed by atoms with Crippen molar-refractivity contribution in [3.63, 3.8) is 0 Å². The lowest BCUT2D eigenvalue weighted by molar-refractivity contribution is 0.0945. The van der Waals surface area contributed by atoms with E-state index in [4.69, 9.17) is 0 Å². The number of carbonyl (C=O) groups excluding carboxylic acids is 1. The Morgan fingerprint density at radius 1 is 1.32 bits per heavy atom. The molecular formula is C16H17FN4O. The van der Waals surface area contributed by atoms with E-state index in [1.54, 1.807) is 31.2 Å². The van der Waals surface area contributed by atoms with Gasteiger partial charge in [-0.1, -0.05) is 18.2 Å². The lowest BCUT2D eigenvalue weighted by atomic mass is 10.2. The average Bonchev–Trinajstić information content (AvgIpc) is 3.30. The maximum atomic E-state index is 13.6. The second kappa shape index (κ2) is 6.09. The van der Waals surface area contributed by atoms with Crippen molar-refractivity contribution in [3.05, 3.63) is 53.2 Å². The molecule has 1 heterocycles. The van der Waals surface area contributed by atoms with Crippen molar-refractivity contribution >= 4 is 11.7 Å². The van der Waals surface area contributed by atoms with E-state index in [-0.39, 0.29) is 17.8 Å². The van der Waals surface area contributed by atoms with Crippen molar-refractivity contribution in [2.75, 3.05) is 5.32 Å². The normalized spacial score (nSPS) is 13.7. The molecule has 2 aromatic rings. The van der Waals surface area contributed by atoms with Crippen LogP contribution in [0, 0.1) is 12.7 Å². The molecule has 1 amide bonds. The van der Waals surface area contributed by atoms with E-state index in [2.05, 4.69) is 20.6 Å². The fourth-order valence-corrected chi connectivity index (χ4v) is 2.09. The highest BCUT2D eigenvalue weighted by molar-refractivity contribution is 5.93. The summed E-state index contributed by atoms with van der Waals surface area (Å²) in [7, 11) is 0. The van der Waals surface area contributed by atoms with Crippen LogP contribution >= 0.6 is 0 Å². The second-order valence-electron chi connectivity index (χ2n) is 5.38. The number of benzene rings is 1. The molecule has 1 aliphatic carbocycles. The van der Waals surface area contributed by atoms with Gasteiger partial charge in [0, 0.05) is 24.2 Å². The van der Waals surface area contributed by atoms with Crippen molar-refractivity contribution < 1.29 is 9.18 Å². The van der Waals surface area contributed by atoms with Crippen LogP contribution in [-0.4, -0.2) is 21.9 Å². The molecule has 5 nitrogen and oxygen atoms in total. The summed E-state index contributed by atoms with van der Waals surface area (Å²) in [6.45, 7) is 2.02. The molecule has 1 aromatic heterocycles. The van der Waals surface area contributed by atoms with Crippen LogP contribution in [0.25, 0.3) is 0 Å². The minimum Gasteiger partial charge on any atom is -0.366 e. The number of nitrogens with zero attached hydrogens (tertiary/aromatic N) is 2. The van der Waals surface area contributed by atoms with Gasteiger partial charge in [-0.05, 0) is 25.8 Å². The van der Waals surface area contributed by atoms with E-state index in [0.29, 0.717) is 29.4 Å². The lowest BCUT2D eigenvalue weighted by Gasteiger charge is -2.09. The highest BCUT2D eigenvalue weighted by Crippen LogP contribution is 2.19. The van der Waals surface area contributed by atoms with Crippen molar-refractivity contribution in [2.24, 2.45) is 0 Å². The maximum absolute atomic E-state index is 13.6. The van der Waals surface area contributed by atoms with Crippen LogP contribution in [0.2, 0.25) is 0 Å². The standard InChI is InChI=1S/C16H17FN4O/c1-10-19-14(16(22)21-12-6-7-12)8-15(20-10)18-9-11-4-2-3-5-13(11)17/h2-5,8,12H,6-7,9H2,1H3,(H,21,22)(H,18,19,20). The van der Waals surface area contributed by atoms with Crippen LogP contribution in [0.15, 0.2) is 30.3 Å². The Labute approximate surface area is 128 Å². The molecule has 1 aliphatic rings. The predicted octanol–water partition coefficient (Wildman–Crippen LogP) is 2.43. The Kier molecular flexibility index (Phi) is 4.00. The van der Waals surface area contributed by atoms with Crippen molar-refractivity contribution in [2.45, 2.75) is 32.4 Å². The molecule has 114 valence electrons. The molecular weight excluding hydrogens is 283 g/mol. The minimum absolute atomic E-state index is 0.193. The van der Waals surface area contributed by atoms with Crippen LogP contribution in [0.4, 0.5) is 10.2 Å². The second-order valence-corrected chi connectivity index (χ2v) is 5.38. The highest BCUT2D eigenvalue weighted by atomic mass is 19.1. The topological polar surface area (TPSA) is 66.9 Å². The molecule has 0 bridgehead atoms. The number of halogens is 1. The third kappa shape index (κ3) is 3.58. The van der Waals surface area contributed by atoms with E-state index in [1.165, 1.54) is 6.07 Å². The molecule has 22 heavy (non-hydrogen) atoms. The summed E-state index contributed by atoms with van der Waals surface area (Å²) in [6, 6.07) is 8.41. The first-order chi connectivity index (χ1) is 10.6. The van der Waals surface area contributed by atoms with Crippen LogP contribution in [0.1, 0.15) is 34.7 Å². The zero-order valence-electron chi connectivity index (χ0n) is 12.3. The molecule has 0 radical (unpaired) electrons. The lowest BCUT2D eigenvalue weighted by Crippen LogP contribution is -2.26. The first kappa shape index (κ1) is 14.4. The quantitative estimate of drug-likeness (QED) is 0.890. The number of hydrogen-bond donors (Lipinski definition) is 2. The van der Waals surface area contributed by atoms with Crippen LogP contribution in [-0.2, 0) is 6.54 Å². The zero-order chi connectivity index (χ0) is 15.5. The van der Waals surface area contributed by atoms with Gasteiger partial charge in [0.1, 0.15) is 23.2 Å². The van der Waals surface area contributed by atoms with Gasteiger partial charge in [0.05, 0.1) is 0 Å². The Morgan fingerprint density at radius 3 is 2.82 bits per heavy atom. The molecule has 2 N–H and O–H groups in total. The summed E-state index contributed by atoms with van der Waals surface area (Å²) < 4.78 is 13.6. The largest absolute Gasteiger partial charge is 0.366 e. The zero-order valence-corrected chi connectivity index (χ0v) is 12.3. The average molecular weight is 300 g/mol. The Morgan fingerprint density at radius 2 is 2.09 bits per heavy atom. The monoisotopic (exact) mass is 300 g/mol. The molecule has 0 atom stereocenters. The van der Waals surface area contributed by atoms with Gasteiger partial charge in [0.25, 0.3) is 5.91 Å². The summed E-state index contributed by atoms with van der Waals surface area (Å²) >= 11 is 0. The molecule has 1 fully saturated rings. The molecule has 0 saturated heterocycles. The van der Waals surface area contributed by atoms with Gasteiger partial charge in [-0.3, -0.25) is 4.79 Å². The Balaban J connectivity index is 1.71. The van der Waals surface area contributed by atoms with Gasteiger partial charge in [-0.15, -0.1) is 0 Å². The SMILES string of the molecule is Cc1nc(NCc2ccccc2F)cc(C(=O)NC2CC2)n1. The van der Waals surface area contributed by atoms with Crippen molar-refractivity contribution in [1.29, 1.82) is 0 Å². The third-order valence-corrected chi connectivity index (χ3v) is 3.40. The summed E-state index contributed by atoms with van der Waals surface area (Å²) in [6.07, 6.45) is 2.04. The van der Waals surface area contributed by atoms with E-state index < -0.39 is 0 Å². The van der Waals surface area contributed by atoms with E-state index in [0.717, 1.165) is 12.8 Å². The Hall–Kier alpha value is -2.50. The summed E-state index contributed by atoms with van der Waals surface area (Å²) in [5.74, 6) is 0.547. The number of anilines is 1. The van der Waals surface area contributed by atoms with Crippen LogP contribution in [0.5, 0.6) is 0 Å². The molecule has 0 unspecified atom stereocenters. The number of hydrogen-bond acceptors (Lipinski definition) is 4. The molecule has 1 aromatic carbocycles. The van der Waals surface area contributed by atoms with Gasteiger partial charge in [0.2, 0.25) is 0 Å². The molecule has 0 spiro atoms. The van der Waals surface area contributed by atoms with Gasteiger partial charge < -0.3 is 10.6 Å². The van der Waals surface area contributed by atoms with E-state index in [9.17, 15) is 9.18 Å². The van der Waals surface area contributed by atoms with Gasteiger partial charge in [0.15, 0.2) is 0 Å². The number of carbonyl (C=O) groups is 1. The fourth-order valence-electron chi connectivity index (χ4n) is 2.09. The van der Waals surface area contributed by atoms with E-state index >= 15 is 0 Å². The van der Waals surface area contributed by atoms with Crippen LogP contribution in [0.3, 0.4) is 0 Å². The van der Waals surface area contributed by atoms with Crippen molar-refractivity contribution in [3.8, 4) is 0 Å².